The molecular formula is C13H18O4. The third kappa shape index (κ3) is 3.66. The third-order valence-electron chi connectivity index (χ3n) is 2.44. The minimum atomic E-state index is -1.01. The summed E-state index contributed by atoms with van der Waals surface area (Å²) in [6.45, 7) is 3.99. The lowest BCUT2D eigenvalue weighted by atomic mass is 10.1. The molecule has 1 aromatic carbocycles. The first-order chi connectivity index (χ1) is 8.08. The summed E-state index contributed by atoms with van der Waals surface area (Å²) in [6.07, 6.45) is 1.90. The van der Waals surface area contributed by atoms with Crippen molar-refractivity contribution in [2.45, 2.75) is 32.8 Å². The van der Waals surface area contributed by atoms with Gasteiger partial charge < -0.3 is 14.6 Å². The van der Waals surface area contributed by atoms with Crippen LogP contribution in [0, 0.1) is 0 Å². The van der Waals surface area contributed by atoms with Crippen molar-refractivity contribution in [2.75, 3.05) is 7.11 Å². The molecule has 4 nitrogen and oxygen atoms in total. The van der Waals surface area contributed by atoms with Gasteiger partial charge in [-0.05, 0) is 31.5 Å². The summed E-state index contributed by atoms with van der Waals surface area (Å²) in [7, 11) is 1.50. The number of carbonyl (C=O) groups is 1. The number of ether oxygens (including phenoxy) is 2. The van der Waals surface area contributed by atoms with Gasteiger partial charge in [0.25, 0.3) is 0 Å². The standard InChI is InChI=1S/C13H18O4/c1-4-5-9(2)17-12-7-6-10(16-3)8-11(12)13(14)15/h6-9H,4-5H2,1-3H3,(H,14,15). The van der Waals surface area contributed by atoms with Crippen molar-refractivity contribution in [3.05, 3.63) is 23.8 Å². The Bertz CT molecular complexity index is 387. The molecule has 0 aliphatic heterocycles. The van der Waals surface area contributed by atoms with Crippen LogP contribution < -0.4 is 9.47 Å². The van der Waals surface area contributed by atoms with Gasteiger partial charge in [0.1, 0.15) is 17.1 Å². The first-order valence-corrected chi connectivity index (χ1v) is 5.66. The molecule has 0 amide bonds. The molecule has 1 unspecified atom stereocenters. The van der Waals surface area contributed by atoms with Crippen LogP contribution in [-0.4, -0.2) is 24.3 Å². The molecule has 4 heteroatoms. The number of hydrogen-bond acceptors (Lipinski definition) is 3. The van der Waals surface area contributed by atoms with Crippen molar-refractivity contribution in [1.82, 2.24) is 0 Å². The Balaban J connectivity index is 2.94. The second-order valence-electron chi connectivity index (χ2n) is 3.88. The van der Waals surface area contributed by atoms with Gasteiger partial charge in [0.15, 0.2) is 0 Å². The van der Waals surface area contributed by atoms with Crippen molar-refractivity contribution in [1.29, 1.82) is 0 Å². The van der Waals surface area contributed by atoms with Crippen molar-refractivity contribution in [3.8, 4) is 11.5 Å². The summed E-state index contributed by atoms with van der Waals surface area (Å²) < 4.78 is 10.6. The molecule has 17 heavy (non-hydrogen) atoms. The van der Waals surface area contributed by atoms with Crippen LogP contribution >= 0.6 is 0 Å². The summed E-state index contributed by atoms with van der Waals surface area (Å²) in [4.78, 5) is 11.1. The highest BCUT2D eigenvalue weighted by Gasteiger charge is 2.14. The molecule has 0 spiro atoms. The van der Waals surface area contributed by atoms with E-state index in [9.17, 15) is 4.79 Å². The number of rotatable bonds is 6. The van der Waals surface area contributed by atoms with E-state index >= 15 is 0 Å². The molecule has 0 bridgehead atoms. The molecule has 0 aliphatic carbocycles. The predicted molar refractivity (Wildman–Crippen MR) is 65.0 cm³/mol. The maximum absolute atomic E-state index is 11.1. The zero-order valence-electron chi connectivity index (χ0n) is 10.4. The molecule has 1 rings (SSSR count). The van der Waals surface area contributed by atoms with Crippen LogP contribution in [0.5, 0.6) is 11.5 Å². The quantitative estimate of drug-likeness (QED) is 0.827. The highest BCUT2D eigenvalue weighted by molar-refractivity contribution is 5.91. The van der Waals surface area contributed by atoms with Gasteiger partial charge in [-0.2, -0.15) is 0 Å². The highest BCUT2D eigenvalue weighted by atomic mass is 16.5. The fourth-order valence-corrected chi connectivity index (χ4v) is 1.59. The fourth-order valence-electron chi connectivity index (χ4n) is 1.59. The van der Waals surface area contributed by atoms with Gasteiger partial charge in [-0.3, -0.25) is 0 Å². The average molecular weight is 238 g/mol. The van der Waals surface area contributed by atoms with Crippen LogP contribution in [0.25, 0.3) is 0 Å². The third-order valence-corrected chi connectivity index (χ3v) is 2.44. The number of benzene rings is 1. The summed E-state index contributed by atoms with van der Waals surface area (Å²) in [6, 6.07) is 4.80. The predicted octanol–water partition coefficient (Wildman–Crippen LogP) is 2.96. The molecular weight excluding hydrogens is 220 g/mol. The molecule has 0 saturated heterocycles. The van der Waals surface area contributed by atoms with Gasteiger partial charge in [0, 0.05) is 0 Å². The van der Waals surface area contributed by atoms with E-state index in [0.717, 1.165) is 12.8 Å². The van der Waals surface area contributed by atoms with Crippen molar-refractivity contribution in [2.24, 2.45) is 0 Å². The van der Waals surface area contributed by atoms with E-state index in [0.29, 0.717) is 11.5 Å². The van der Waals surface area contributed by atoms with Crippen LogP contribution in [0.2, 0.25) is 0 Å². The van der Waals surface area contributed by atoms with E-state index in [1.165, 1.54) is 13.2 Å². The molecule has 0 radical (unpaired) electrons. The summed E-state index contributed by atoms with van der Waals surface area (Å²) in [5.74, 6) is -0.111. The lowest BCUT2D eigenvalue weighted by molar-refractivity contribution is 0.0689. The Morgan fingerprint density at radius 2 is 2.18 bits per heavy atom. The molecule has 1 atom stereocenters. The van der Waals surface area contributed by atoms with Crippen molar-refractivity contribution < 1.29 is 19.4 Å². The van der Waals surface area contributed by atoms with Gasteiger partial charge in [-0.15, -0.1) is 0 Å². The van der Waals surface area contributed by atoms with Crippen LogP contribution in [0.4, 0.5) is 0 Å². The van der Waals surface area contributed by atoms with Gasteiger partial charge >= 0.3 is 5.97 Å². The molecule has 0 fully saturated rings. The maximum atomic E-state index is 11.1. The lowest BCUT2D eigenvalue weighted by Crippen LogP contribution is -2.13. The van der Waals surface area contributed by atoms with Crippen molar-refractivity contribution in [3.63, 3.8) is 0 Å². The molecule has 94 valence electrons. The van der Waals surface area contributed by atoms with E-state index < -0.39 is 5.97 Å². The molecule has 0 aliphatic rings. The zero-order valence-corrected chi connectivity index (χ0v) is 10.4. The SMILES string of the molecule is CCCC(C)Oc1ccc(OC)cc1C(=O)O. The first-order valence-electron chi connectivity index (χ1n) is 5.66. The molecule has 1 aromatic rings. The maximum Gasteiger partial charge on any atom is 0.339 e. The Morgan fingerprint density at radius 3 is 2.71 bits per heavy atom. The Kier molecular flexibility index (Phi) is 4.82. The normalized spacial score (nSPS) is 11.9. The minimum absolute atomic E-state index is 0.00601. The second-order valence-corrected chi connectivity index (χ2v) is 3.88. The topological polar surface area (TPSA) is 55.8 Å². The minimum Gasteiger partial charge on any atom is -0.497 e. The molecule has 0 saturated carbocycles. The van der Waals surface area contributed by atoms with Gasteiger partial charge in [0.05, 0.1) is 13.2 Å². The van der Waals surface area contributed by atoms with E-state index in [-0.39, 0.29) is 11.7 Å². The molecule has 0 heterocycles. The molecule has 1 N–H and O–H groups in total. The number of carboxylic acid groups (broad SMARTS) is 1. The first kappa shape index (κ1) is 13.4. The largest absolute Gasteiger partial charge is 0.497 e. The lowest BCUT2D eigenvalue weighted by Gasteiger charge is -2.16. The van der Waals surface area contributed by atoms with Crippen LogP contribution in [0.15, 0.2) is 18.2 Å². The Morgan fingerprint density at radius 1 is 1.47 bits per heavy atom. The number of carboxylic acids is 1. The van der Waals surface area contributed by atoms with Gasteiger partial charge in [-0.1, -0.05) is 13.3 Å². The van der Waals surface area contributed by atoms with Crippen LogP contribution in [0.3, 0.4) is 0 Å². The Labute approximate surface area is 101 Å². The number of methoxy groups -OCH3 is 1. The summed E-state index contributed by atoms with van der Waals surface area (Å²) in [5, 5.41) is 9.09. The van der Waals surface area contributed by atoms with Crippen LogP contribution in [0.1, 0.15) is 37.0 Å². The van der Waals surface area contributed by atoms with Crippen LogP contribution in [-0.2, 0) is 0 Å². The van der Waals surface area contributed by atoms with Gasteiger partial charge in [0.2, 0.25) is 0 Å². The Hall–Kier alpha value is -1.71. The van der Waals surface area contributed by atoms with Crippen molar-refractivity contribution >= 4 is 5.97 Å². The molecule has 0 aromatic heterocycles. The number of aromatic carboxylic acids is 1. The average Bonchev–Trinajstić information content (AvgIpc) is 2.29. The summed E-state index contributed by atoms with van der Waals surface area (Å²) in [5.41, 5.74) is 0.132. The number of hydrogen-bond donors (Lipinski definition) is 1. The summed E-state index contributed by atoms with van der Waals surface area (Å²) >= 11 is 0. The monoisotopic (exact) mass is 238 g/mol. The zero-order chi connectivity index (χ0) is 12.8. The fraction of sp³-hybridized carbons (Fsp3) is 0.462. The van der Waals surface area contributed by atoms with E-state index in [1.807, 2.05) is 6.92 Å². The smallest absolute Gasteiger partial charge is 0.339 e. The van der Waals surface area contributed by atoms with E-state index in [1.54, 1.807) is 12.1 Å². The second kappa shape index (κ2) is 6.13. The van der Waals surface area contributed by atoms with E-state index in [2.05, 4.69) is 6.92 Å². The van der Waals surface area contributed by atoms with Gasteiger partial charge in [-0.25, -0.2) is 4.79 Å². The highest BCUT2D eigenvalue weighted by Crippen LogP contribution is 2.25. The van der Waals surface area contributed by atoms with E-state index in [4.69, 9.17) is 14.6 Å².